The highest BCUT2D eigenvalue weighted by atomic mass is 32.2. The molecule has 6 nitrogen and oxygen atoms in total. The van der Waals surface area contributed by atoms with E-state index < -0.39 is 4.92 Å². The van der Waals surface area contributed by atoms with Gasteiger partial charge in [-0.15, -0.1) is 11.8 Å². The summed E-state index contributed by atoms with van der Waals surface area (Å²) in [5.74, 6) is 0.294. The number of hydrogen-bond acceptors (Lipinski definition) is 5. The molecule has 0 saturated heterocycles. The van der Waals surface area contributed by atoms with Gasteiger partial charge in [0.05, 0.1) is 10.2 Å². The first-order chi connectivity index (χ1) is 12.9. The second-order valence-corrected chi connectivity index (χ2v) is 8.03. The second-order valence-electron chi connectivity index (χ2n) is 6.62. The molecule has 7 heteroatoms. The maximum absolute atomic E-state index is 12.4. The number of benzene rings is 2. The first kappa shape index (κ1) is 20.8. The van der Waals surface area contributed by atoms with Crippen LogP contribution in [0, 0.1) is 16.0 Å². The zero-order valence-electron chi connectivity index (χ0n) is 15.7. The summed E-state index contributed by atoms with van der Waals surface area (Å²) >= 11 is 1.38. The number of thioether (sulfide) groups is 1. The molecule has 2 rings (SSSR count). The number of nitrogens with one attached hydrogen (secondary N) is 2. The van der Waals surface area contributed by atoms with Crippen molar-refractivity contribution in [2.24, 2.45) is 5.92 Å². The van der Waals surface area contributed by atoms with Crippen molar-refractivity contribution in [2.45, 2.75) is 37.0 Å². The van der Waals surface area contributed by atoms with Crippen molar-refractivity contribution in [3.05, 3.63) is 64.7 Å². The Morgan fingerprint density at radius 2 is 1.70 bits per heavy atom. The Morgan fingerprint density at radius 3 is 2.26 bits per heavy atom. The van der Waals surface area contributed by atoms with Crippen molar-refractivity contribution in [3.8, 4) is 0 Å². The number of amides is 1. The predicted octanol–water partition coefficient (Wildman–Crippen LogP) is 4.33. The van der Waals surface area contributed by atoms with Crippen LogP contribution in [0.4, 0.5) is 11.4 Å². The summed E-state index contributed by atoms with van der Waals surface area (Å²) < 4.78 is 0. The van der Waals surface area contributed by atoms with Crippen LogP contribution in [0.5, 0.6) is 0 Å². The van der Waals surface area contributed by atoms with Gasteiger partial charge in [-0.25, -0.2) is 0 Å². The fourth-order valence-corrected chi connectivity index (χ4v) is 3.35. The fourth-order valence-electron chi connectivity index (χ4n) is 2.46. The molecule has 1 amide bonds. The van der Waals surface area contributed by atoms with E-state index >= 15 is 0 Å². The van der Waals surface area contributed by atoms with Gasteiger partial charge in [0.2, 0.25) is 5.91 Å². The zero-order valence-corrected chi connectivity index (χ0v) is 16.5. The molecule has 2 N–H and O–H groups in total. The van der Waals surface area contributed by atoms with Gasteiger partial charge in [0.25, 0.3) is 5.69 Å². The number of anilines is 1. The van der Waals surface area contributed by atoms with Crippen molar-refractivity contribution in [3.63, 3.8) is 0 Å². The van der Waals surface area contributed by atoms with Gasteiger partial charge in [-0.3, -0.25) is 14.9 Å². The van der Waals surface area contributed by atoms with Gasteiger partial charge in [-0.1, -0.05) is 32.0 Å². The Balaban J connectivity index is 1.87. The minimum atomic E-state index is -0.434. The van der Waals surface area contributed by atoms with Gasteiger partial charge in [0.1, 0.15) is 0 Å². The van der Waals surface area contributed by atoms with Crippen LogP contribution in [-0.2, 0) is 4.79 Å². The van der Waals surface area contributed by atoms with E-state index in [0.717, 1.165) is 10.6 Å². The molecule has 0 fully saturated rings. The summed E-state index contributed by atoms with van der Waals surface area (Å²) in [5, 5.41) is 16.9. The van der Waals surface area contributed by atoms with Crippen LogP contribution >= 0.6 is 11.8 Å². The van der Waals surface area contributed by atoms with E-state index in [1.54, 1.807) is 12.1 Å². The van der Waals surface area contributed by atoms with E-state index in [-0.39, 0.29) is 22.9 Å². The molecule has 0 aliphatic rings. The lowest BCUT2D eigenvalue weighted by atomic mass is 10.0. The smallest absolute Gasteiger partial charge is 0.269 e. The molecule has 2 aromatic carbocycles. The maximum Gasteiger partial charge on any atom is 0.269 e. The van der Waals surface area contributed by atoms with Gasteiger partial charge in [0, 0.05) is 35.3 Å². The summed E-state index contributed by atoms with van der Waals surface area (Å²) in [5.41, 5.74) is 1.07. The monoisotopic (exact) mass is 387 g/mol. The van der Waals surface area contributed by atoms with E-state index in [0.29, 0.717) is 12.5 Å². The summed E-state index contributed by atoms with van der Waals surface area (Å²) in [4.78, 5) is 23.5. The molecule has 0 bridgehead atoms. The molecule has 27 heavy (non-hydrogen) atoms. The van der Waals surface area contributed by atoms with Crippen LogP contribution < -0.4 is 10.6 Å². The highest BCUT2D eigenvalue weighted by Gasteiger charge is 2.18. The summed E-state index contributed by atoms with van der Waals surface area (Å²) in [6, 6.07) is 16.3. The molecule has 2 atom stereocenters. The molecular formula is C20H25N3O3S. The molecule has 0 aliphatic carbocycles. The molecule has 144 valence electrons. The molecular weight excluding hydrogens is 362 g/mol. The topological polar surface area (TPSA) is 84.3 Å². The van der Waals surface area contributed by atoms with Crippen molar-refractivity contribution in [1.82, 2.24) is 5.32 Å². The summed E-state index contributed by atoms with van der Waals surface area (Å²) in [6.07, 6.45) is 0. The first-order valence-corrected chi connectivity index (χ1v) is 9.75. The molecule has 0 heterocycles. The van der Waals surface area contributed by atoms with E-state index in [2.05, 4.69) is 24.5 Å². The molecule has 0 saturated carbocycles. The molecule has 0 radical (unpaired) electrons. The van der Waals surface area contributed by atoms with Crippen LogP contribution in [0.1, 0.15) is 20.8 Å². The number of para-hydroxylation sites is 1. The average molecular weight is 388 g/mol. The normalized spacial score (nSPS) is 13.0. The number of carbonyl (C=O) groups excluding carboxylic acids is 1. The van der Waals surface area contributed by atoms with Crippen molar-refractivity contribution in [1.29, 1.82) is 0 Å². The Kier molecular flexibility index (Phi) is 7.67. The molecule has 2 aromatic rings. The number of nitro groups is 1. The summed E-state index contributed by atoms with van der Waals surface area (Å²) in [6.45, 7) is 6.58. The Morgan fingerprint density at radius 1 is 1.07 bits per heavy atom. The highest BCUT2D eigenvalue weighted by Crippen LogP contribution is 2.25. The van der Waals surface area contributed by atoms with Gasteiger partial charge >= 0.3 is 0 Å². The largest absolute Gasteiger partial charge is 0.380 e. The lowest BCUT2D eigenvalue weighted by Gasteiger charge is -2.24. The third kappa shape index (κ3) is 6.60. The second kappa shape index (κ2) is 9.97. The molecule has 2 unspecified atom stereocenters. The predicted molar refractivity (Wildman–Crippen MR) is 110 cm³/mol. The molecule has 0 aromatic heterocycles. The van der Waals surface area contributed by atoms with Gasteiger partial charge < -0.3 is 10.6 Å². The Hall–Kier alpha value is -2.54. The van der Waals surface area contributed by atoms with Crippen LogP contribution in [0.3, 0.4) is 0 Å². The minimum absolute atomic E-state index is 0.0446. The van der Waals surface area contributed by atoms with Gasteiger partial charge in [-0.05, 0) is 37.1 Å². The quantitative estimate of drug-likeness (QED) is 0.380. The summed E-state index contributed by atoms with van der Waals surface area (Å²) in [7, 11) is 0. The fraction of sp³-hybridized carbons (Fsp3) is 0.350. The number of nitrogens with zero attached hydrogens (tertiary/aromatic N) is 1. The molecule has 0 spiro atoms. The third-order valence-electron chi connectivity index (χ3n) is 4.16. The van der Waals surface area contributed by atoms with E-state index in [9.17, 15) is 14.9 Å². The first-order valence-electron chi connectivity index (χ1n) is 8.87. The van der Waals surface area contributed by atoms with Gasteiger partial charge in [0.15, 0.2) is 0 Å². The standard InChI is InChI=1S/C20H25N3O3S/c1-14(2)19(22-16-7-5-4-6-8-16)13-21-20(24)15(3)27-18-11-9-17(10-12-18)23(25)26/h4-12,14-15,19,22H,13H2,1-3H3,(H,21,24). The molecule has 0 aliphatic heterocycles. The minimum Gasteiger partial charge on any atom is -0.380 e. The maximum atomic E-state index is 12.4. The van der Waals surface area contributed by atoms with E-state index in [1.165, 1.54) is 23.9 Å². The van der Waals surface area contributed by atoms with Crippen LogP contribution in [0.25, 0.3) is 0 Å². The number of nitro benzene ring substituents is 1. The number of hydrogen-bond donors (Lipinski definition) is 2. The number of rotatable bonds is 9. The van der Waals surface area contributed by atoms with Gasteiger partial charge in [-0.2, -0.15) is 0 Å². The number of non-ortho nitro benzene ring substituents is 1. The van der Waals surface area contributed by atoms with Crippen LogP contribution in [0.15, 0.2) is 59.5 Å². The third-order valence-corrected chi connectivity index (χ3v) is 5.27. The lowest BCUT2D eigenvalue weighted by Crippen LogP contribution is -2.42. The van der Waals surface area contributed by atoms with Crippen molar-refractivity contribution < 1.29 is 9.72 Å². The van der Waals surface area contributed by atoms with Crippen LogP contribution in [-0.4, -0.2) is 28.7 Å². The Labute approximate surface area is 163 Å². The van der Waals surface area contributed by atoms with E-state index in [1.807, 2.05) is 37.3 Å². The van der Waals surface area contributed by atoms with Crippen molar-refractivity contribution >= 4 is 29.0 Å². The average Bonchev–Trinajstić information content (AvgIpc) is 2.65. The lowest BCUT2D eigenvalue weighted by molar-refractivity contribution is -0.384. The highest BCUT2D eigenvalue weighted by molar-refractivity contribution is 8.00. The zero-order chi connectivity index (χ0) is 19.8. The van der Waals surface area contributed by atoms with Crippen LogP contribution in [0.2, 0.25) is 0 Å². The Bertz CT molecular complexity index is 751. The van der Waals surface area contributed by atoms with Crippen molar-refractivity contribution in [2.75, 3.05) is 11.9 Å². The van der Waals surface area contributed by atoms with E-state index in [4.69, 9.17) is 0 Å². The number of carbonyl (C=O) groups is 1. The SMILES string of the molecule is CC(Sc1ccc([N+](=O)[O-])cc1)C(=O)NCC(Nc1ccccc1)C(C)C.